The fraction of sp³-hybridized carbons (Fsp3) is 0.100. The summed E-state index contributed by atoms with van der Waals surface area (Å²) in [7, 11) is -3.75. The van der Waals surface area contributed by atoms with Crippen molar-refractivity contribution in [3.8, 4) is 0 Å². The van der Waals surface area contributed by atoms with Gasteiger partial charge in [0.2, 0.25) is 0 Å². The van der Waals surface area contributed by atoms with E-state index in [-0.39, 0.29) is 11.0 Å². The average molecular weight is 278 g/mol. The van der Waals surface area contributed by atoms with Gasteiger partial charge in [-0.25, -0.2) is 14.2 Å². The van der Waals surface area contributed by atoms with Crippen molar-refractivity contribution >= 4 is 21.6 Å². The van der Waals surface area contributed by atoms with Crippen LogP contribution in [0.4, 0.5) is 5.95 Å². The number of aromatic nitrogens is 5. The predicted octanol–water partition coefficient (Wildman–Crippen LogP) is 0.562. The average Bonchev–Trinajstić information content (AvgIpc) is 2.94. The van der Waals surface area contributed by atoms with Crippen molar-refractivity contribution in [1.29, 1.82) is 0 Å². The smallest absolute Gasteiger partial charge is 0.281 e. The minimum absolute atomic E-state index is 0.0125. The highest BCUT2D eigenvalue weighted by Crippen LogP contribution is 2.12. The summed E-state index contributed by atoms with van der Waals surface area (Å²) in [5.41, 5.74) is 0.556. The lowest BCUT2D eigenvalue weighted by Gasteiger charge is -2.00. The van der Waals surface area contributed by atoms with Gasteiger partial charge in [0.05, 0.1) is 6.20 Å². The molecule has 9 heteroatoms. The molecule has 0 amide bonds. The highest BCUT2D eigenvalue weighted by molar-refractivity contribution is 7.92. The van der Waals surface area contributed by atoms with Crippen molar-refractivity contribution in [1.82, 2.24) is 24.6 Å². The first kappa shape index (κ1) is 11.7. The summed E-state index contributed by atoms with van der Waals surface area (Å²) >= 11 is 0. The van der Waals surface area contributed by atoms with E-state index in [1.54, 1.807) is 31.3 Å². The van der Waals surface area contributed by atoms with E-state index < -0.39 is 10.0 Å². The number of fused-ring (bicyclic) bond motifs is 1. The molecule has 8 nitrogen and oxygen atoms in total. The van der Waals surface area contributed by atoms with Gasteiger partial charge in [-0.3, -0.25) is 0 Å². The number of nitrogens with one attached hydrogen (secondary N) is 2. The molecule has 19 heavy (non-hydrogen) atoms. The standard InChI is InChI=1S/C10H10N6O2S/c1-7-11-6-9(12-7)19(17,18)15-10-13-8-4-2-3-5-16(8)14-10/h2-6H,1H3,(H,11,12)(H,14,15). The molecular weight excluding hydrogens is 268 g/mol. The van der Waals surface area contributed by atoms with Crippen LogP contribution in [0.5, 0.6) is 0 Å². The second-order valence-corrected chi connectivity index (χ2v) is 5.53. The first-order chi connectivity index (χ1) is 9.04. The Kier molecular flexibility index (Phi) is 2.49. The summed E-state index contributed by atoms with van der Waals surface area (Å²) in [6.45, 7) is 1.67. The molecule has 2 N–H and O–H groups in total. The first-order valence-electron chi connectivity index (χ1n) is 5.40. The summed E-state index contributed by atoms with van der Waals surface area (Å²) in [5, 5.41) is 3.99. The van der Waals surface area contributed by atoms with Gasteiger partial charge in [-0.05, 0) is 19.1 Å². The van der Waals surface area contributed by atoms with Gasteiger partial charge in [-0.15, -0.1) is 5.10 Å². The number of anilines is 1. The number of imidazole rings is 1. The van der Waals surface area contributed by atoms with Gasteiger partial charge in [0.25, 0.3) is 16.0 Å². The molecule has 0 spiro atoms. The third-order valence-electron chi connectivity index (χ3n) is 2.44. The number of aryl methyl sites for hydroxylation is 1. The maximum atomic E-state index is 12.0. The number of hydrogen-bond donors (Lipinski definition) is 2. The highest BCUT2D eigenvalue weighted by atomic mass is 32.2. The van der Waals surface area contributed by atoms with Gasteiger partial charge in [0.15, 0.2) is 10.7 Å². The van der Waals surface area contributed by atoms with Crippen molar-refractivity contribution in [3.63, 3.8) is 0 Å². The fourth-order valence-corrected chi connectivity index (χ4v) is 2.50. The lowest BCUT2D eigenvalue weighted by molar-refractivity contribution is 0.597. The molecule has 3 rings (SSSR count). The second-order valence-electron chi connectivity index (χ2n) is 3.88. The maximum absolute atomic E-state index is 12.0. The van der Waals surface area contributed by atoms with Crippen LogP contribution >= 0.6 is 0 Å². The van der Waals surface area contributed by atoms with E-state index in [1.807, 2.05) is 0 Å². The molecule has 0 saturated carbocycles. The van der Waals surface area contributed by atoms with E-state index >= 15 is 0 Å². The van der Waals surface area contributed by atoms with Crippen LogP contribution in [-0.2, 0) is 10.0 Å². The molecule has 0 aliphatic carbocycles. The van der Waals surface area contributed by atoms with Crippen LogP contribution in [0.2, 0.25) is 0 Å². The van der Waals surface area contributed by atoms with Crippen molar-refractivity contribution in [2.45, 2.75) is 11.9 Å². The van der Waals surface area contributed by atoms with Crippen LogP contribution in [0.1, 0.15) is 5.82 Å². The molecule has 3 heterocycles. The second kappa shape index (κ2) is 4.05. The van der Waals surface area contributed by atoms with Gasteiger partial charge in [-0.2, -0.15) is 13.4 Å². The zero-order chi connectivity index (χ0) is 13.5. The van der Waals surface area contributed by atoms with Gasteiger partial charge < -0.3 is 4.98 Å². The van der Waals surface area contributed by atoms with Crippen molar-refractivity contribution in [3.05, 3.63) is 36.4 Å². The molecule has 0 aliphatic rings. The van der Waals surface area contributed by atoms with E-state index in [2.05, 4.69) is 24.8 Å². The van der Waals surface area contributed by atoms with E-state index in [0.717, 1.165) is 0 Å². The van der Waals surface area contributed by atoms with Gasteiger partial charge in [-0.1, -0.05) is 6.07 Å². The number of hydrogen-bond acceptors (Lipinski definition) is 5. The van der Waals surface area contributed by atoms with Crippen LogP contribution in [-0.4, -0.2) is 33.0 Å². The third kappa shape index (κ3) is 2.15. The Balaban J connectivity index is 1.96. The lowest BCUT2D eigenvalue weighted by Crippen LogP contribution is -2.14. The Morgan fingerprint density at radius 2 is 2.21 bits per heavy atom. The molecular formula is C10H10N6O2S. The van der Waals surface area contributed by atoms with E-state index in [0.29, 0.717) is 11.5 Å². The minimum Gasteiger partial charge on any atom is -0.332 e. The zero-order valence-electron chi connectivity index (χ0n) is 9.90. The van der Waals surface area contributed by atoms with Crippen LogP contribution in [0.3, 0.4) is 0 Å². The summed E-state index contributed by atoms with van der Waals surface area (Å²) < 4.78 is 27.8. The van der Waals surface area contributed by atoms with E-state index in [9.17, 15) is 8.42 Å². The number of nitrogens with zero attached hydrogens (tertiary/aromatic N) is 4. The number of pyridine rings is 1. The van der Waals surface area contributed by atoms with Crippen molar-refractivity contribution in [2.75, 3.05) is 4.72 Å². The SMILES string of the molecule is Cc1ncc(S(=O)(=O)Nc2nc3ccccn3n2)[nH]1. The Morgan fingerprint density at radius 3 is 2.89 bits per heavy atom. The Labute approximate surface area is 108 Å². The Bertz CT molecular complexity index is 801. The summed E-state index contributed by atoms with van der Waals surface area (Å²) in [6, 6.07) is 5.30. The van der Waals surface area contributed by atoms with Crippen LogP contribution < -0.4 is 4.72 Å². The summed E-state index contributed by atoms with van der Waals surface area (Å²) in [6.07, 6.45) is 2.92. The van der Waals surface area contributed by atoms with Crippen LogP contribution in [0.15, 0.2) is 35.6 Å². The molecule has 0 aliphatic heterocycles. The molecule has 0 radical (unpaired) electrons. The van der Waals surface area contributed by atoms with Gasteiger partial charge in [0, 0.05) is 6.20 Å². The zero-order valence-corrected chi connectivity index (χ0v) is 10.7. The molecule has 3 aromatic heterocycles. The maximum Gasteiger partial charge on any atom is 0.281 e. The molecule has 0 atom stereocenters. The molecule has 0 bridgehead atoms. The minimum atomic E-state index is -3.75. The largest absolute Gasteiger partial charge is 0.332 e. The third-order valence-corrected chi connectivity index (χ3v) is 3.67. The Morgan fingerprint density at radius 1 is 1.37 bits per heavy atom. The fourth-order valence-electron chi connectivity index (χ4n) is 1.58. The van der Waals surface area contributed by atoms with Crippen LogP contribution in [0.25, 0.3) is 5.65 Å². The monoisotopic (exact) mass is 278 g/mol. The number of aromatic amines is 1. The van der Waals surface area contributed by atoms with Gasteiger partial charge >= 0.3 is 0 Å². The summed E-state index contributed by atoms with van der Waals surface area (Å²) in [5.74, 6) is 0.529. The highest BCUT2D eigenvalue weighted by Gasteiger charge is 2.18. The van der Waals surface area contributed by atoms with Crippen molar-refractivity contribution in [2.24, 2.45) is 0 Å². The van der Waals surface area contributed by atoms with E-state index in [1.165, 1.54) is 10.7 Å². The number of rotatable bonds is 3. The lowest BCUT2D eigenvalue weighted by atomic mass is 10.5. The first-order valence-corrected chi connectivity index (χ1v) is 6.89. The summed E-state index contributed by atoms with van der Waals surface area (Å²) in [4.78, 5) is 10.6. The normalized spacial score (nSPS) is 11.8. The topological polar surface area (TPSA) is 105 Å². The molecule has 0 aromatic carbocycles. The molecule has 98 valence electrons. The van der Waals surface area contributed by atoms with Crippen LogP contribution in [0, 0.1) is 6.92 Å². The number of sulfonamides is 1. The number of H-pyrrole nitrogens is 1. The molecule has 0 fully saturated rings. The predicted molar refractivity (Wildman–Crippen MR) is 67.1 cm³/mol. The molecule has 3 aromatic rings. The van der Waals surface area contributed by atoms with Crippen molar-refractivity contribution < 1.29 is 8.42 Å². The van der Waals surface area contributed by atoms with Gasteiger partial charge in [0.1, 0.15) is 5.82 Å². The molecule has 0 unspecified atom stereocenters. The quantitative estimate of drug-likeness (QED) is 0.728. The molecule has 0 saturated heterocycles. The Hall–Kier alpha value is -2.42. The van der Waals surface area contributed by atoms with E-state index in [4.69, 9.17) is 0 Å².